The van der Waals surface area contributed by atoms with E-state index < -0.39 is 11.8 Å². The summed E-state index contributed by atoms with van der Waals surface area (Å²) in [7, 11) is 0. The van der Waals surface area contributed by atoms with Crippen molar-refractivity contribution < 1.29 is 13.9 Å². The molecule has 0 saturated carbocycles. The quantitative estimate of drug-likeness (QED) is 0.375. The van der Waals surface area contributed by atoms with E-state index in [-0.39, 0.29) is 0 Å². The van der Waals surface area contributed by atoms with Crippen molar-refractivity contribution in [2.45, 2.75) is 6.54 Å². The number of halogens is 1. The Labute approximate surface area is 196 Å². The molecule has 1 aliphatic rings. The molecule has 1 aliphatic heterocycles. The number of aromatic nitrogens is 4. The molecule has 1 saturated heterocycles. The molecule has 0 bridgehead atoms. The lowest BCUT2D eigenvalue weighted by Crippen LogP contribution is -2.39. The number of rotatable bonds is 9. The minimum atomic E-state index is -0.488. The average molecular weight is 468 g/mol. The highest BCUT2D eigenvalue weighted by atomic mass is 19.1. The molecule has 1 fully saturated rings. The zero-order valence-corrected chi connectivity index (χ0v) is 18.5. The summed E-state index contributed by atoms with van der Waals surface area (Å²) in [5.41, 5.74) is 1.57. The lowest BCUT2D eigenvalue weighted by Gasteiger charge is -2.26. The minimum absolute atomic E-state index is 0.336. The van der Waals surface area contributed by atoms with Crippen molar-refractivity contribution in [3.05, 3.63) is 60.3 Å². The van der Waals surface area contributed by atoms with Gasteiger partial charge in [-0.2, -0.15) is 4.98 Å². The van der Waals surface area contributed by atoms with Crippen LogP contribution in [-0.4, -0.2) is 70.3 Å². The molecule has 2 amide bonds. The van der Waals surface area contributed by atoms with Gasteiger partial charge in [-0.15, -0.1) is 0 Å². The molecule has 2 aromatic heterocycles. The van der Waals surface area contributed by atoms with Crippen LogP contribution in [0.4, 0.5) is 32.6 Å². The van der Waals surface area contributed by atoms with Crippen molar-refractivity contribution in [2.75, 3.05) is 60.7 Å². The summed E-state index contributed by atoms with van der Waals surface area (Å²) in [6.45, 7) is 5.39. The number of hydrogen-bond acceptors (Lipinski definition) is 9. The van der Waals surface area contributed by atoms with Gasteiger partial charge in [0.15, 0.2) is 5.82 Å². The van der Waals surface area contributed by atoms with Gasteiger partial charge in [0.25, 0.3) is 0 Å². The van der Waals surface area contributed by atoms with E-state index in [1.165, 1.54) is 0 Å². The summed E-state index contributed by atoms with van der Waals surface area (Å²) in [4.78, 5) is 30.9. The van der Waals surface area contributed by atoms with Crippen LogP contribution >= 0.6 is 0 Å². The van der Waals surface area contributed by atoms with Gasteiger partial charge in [-0.3, -0.25) is 10.2 Å². The second-order valence-electron chi connectivity index (χ2n) is 7.50. The van der Waals surface area contributed by atoms with Crippen LogP contribution in [-0.2, 0) is 11.3 Å². The van der Waals surface area contributed by atoms with Gasteiger partial charge in [0.1, 0.15) is 5.82 Å². The highest BCUT2D eigenvalue weighted by molar-refractivity contribution is 5.99. The summed E-state index contributed by atoms with van der Waals surface area (Å²) >= 11 is 0. The van der Waals surface area contributed by atoms with Crippen molar-refractivity contribution in [1.82, 2.24) is 24.8 Å². The molecule has 178 valence electrons. The van der Waals surface area contributed by atoms with Crippen molar-refractivity contribution >= 4 is 29.4 Å². The van der Waals surface area contributed by atoms with Crippen LogP contribution in [0.15, 0.2) is 48.9 Å². The summed E-state index contributed by atoms with van der Waals surface area (Å²) in [6, 6.07) is 8.48. The van der Waals surface area contributed by atoms with Gasteiger partial charge in [-0.25, -0.2) is 24.1 Å². The SMILES string of the molecule is O=C(Nc1ccc(CNc2ncc(F)cn2)cc1)Nc1ccnc(NCCN2CCOCC2)n1. The molecule has 3 heterocycles. The lowest BCUT2D eigenvalue weighted by atomic mass is 10.2. The molecule has 0 radical (unpaired) electrons. The van der Waals surface area contributed by atoms with Gasteiger partial charge in [-0.1, -0.05) is 12.1 Å². The van der Waals surface area contributed by atoms with E-state index in [1.807, 2.05) is 12.1 Å². The molecule has 4 rings (SSSR count). The number of morpholine rings is 1. The van der Waals surface area contributed by atoms with Crippen LogP contribution in [0.2, 0.25) is 0 Å². The number of carbonyl (C=O) groups is 1. The smallest absolute Gasteiger partial charge is 0.324 e. The van der Waals surface area contributed by atoms with Gasteiger partial charge in [0.05, 0.1) is 25.6 Å². The lowest BCUT2D eigenvalue weighted by molar-refractivity contribution is 0.0398. The summed E-state index contributed by atoms with van der Waals surface area (Å²) in [6.07, 6.45) is 3.79. The van der Waals surface area contributed by atoms with Crippen LogP contribution in [0.1, 0.15) is 5.56 Å². The largest absolute Gasteiger partial charge is 0.379 e. The fraction of sp³-hybridized carbons (Fsp3) is 0.318. The van der Waals surface area contributed by atoms with Gasteiger partial charge in [0.2, 0.25) is 11.9 Å². The van der Waals surface area contributed by atoms with Crippen LogP contribution in [0, 0.1) is 5.82 Å². The second-order valence-corrected chi connectivity index (χ2v) is 7.50. The van der Waals surface area contributed by atoms with E-state index in [0.29, 0.717) is 36.5 Å². The van der Waals surface area contributed by atoms with Crippen LogP contribution < -0.4 is 21.3 Å². The summed E-state index contributed by atoms with van der Waals surface area (Å²) in [5, 5.41) is 11.7. The number of nitrogens with zero attached hydrogens (tertiary/aromatic N) is 5. The predicted molar refractivity (Wildman–Crippen MR) is 126 cm³/mol. The second kappa shape index (κ2) is 11.8. The molecule has 11 nitrogen and oxygen atoms in total. The third kappa shape index (κ3) is 7.32. The van der Waals surface area contributed by atoms with Crippen molar-refractivity contribution in [3.63, 3.8) is 0 Å². The van der Waals surface area contributed by atoms with Crippen LogP contribution in [0.25, 0.3) is 0 Å². The van der Waals surface area contributed by atoms with E-state index in [1.54, 1.807) is 24.4 Å². The molecule has 3 aromatic rings. The molecule has 1 aromatic carbocycles. The van der Waals surface area contributed by atoms with Gasteiger partial charge >= 0.3 is 6.03 Å². The first-order valence-electron chi connectivity index (χ1n) is 10.9. The van der Waals surface area contributed by atoms with E-state index in [9.17, 15) is 9.18 Å². The first kappa shape index (κ1) is 23.3. The average Bonchev–Trinajstić information content (AvgIpc) is 2.85. The zero-order chi connectivity index (χ0) is 23.6. The third-order valence-corrected chi connectivity index (χ3v) is 4.99. The van der Waals surface area contributed by atoms with Gasteiger partial charge in [-0.05, 0) is 23.8 Å². The molecule has 0 spiro atoms. The van der Waals surface area contributed by atoms with Crippen molar-refractivity contribution in [3.8, 4) is 0 Å². The number of nitrogens with one attached hydrogen (secondary N) is 4. The molecule has 34 heavy (non-hydrogen) atoms. The maximum atomic E-state index is 12.9. The Kier molecular flexibility index (Phi) is 8.08. The Bertz CT molecular complexity index is 1060. The number of benzene rings is 1. The molecule has 0 atom stereocenters. The number of ether oxygens (including phenoxy) is 1. The number of amides is 2. The molecule has 12 heteroatoms. The normalized spacial score (nSPS) is 13.8. The standard InChI is InChI=1S/C22H26FN9O2/c23-17-14-27-20(28-15-17)26-13-16-1-3-18(4-2-16)29-22(33)31-19-5-6-24-21(30-19)25-7-8-32-9-11-34-12-10-32/h1-6,14-15H,7-13H2,(H,26,27,28)(H3,24,25,29,30,31,33). The minimum Gasteiger partial charge on any atom is -0.379 e. The Morgan fingerprint density at radius 3 is 2.50 bits per heavy atom. The van der Waals surface area contributed by atoms with Crippen LogP contribution in [0.5, 0.6) is 0 Å². The summed E-state index contributed by atoms with van der Waals surface area (Å²) in [5.74, 6) is 0.690. The highest BCUT2D eigenvalue weighted by Gasteiger charge is 2.10. The van der Waals surface area contributed by atoms with E-state index in [4.69, 9.17) is 4.74 Å². The van der Waals surface area contributed by atoms with Crippen molar-refractivity contribution in [2.24, 2.45) is 0 Å². The first-order valence-corrected chi connectivity index (χ1v) is 10.9. The number of carbonyl (C=O) groups excluding carboxylic acids is 1. The van der Waals surface area contributed by atoms with Crippen molar-refractivity contribution in [1.29, 1.82) is 0 Å². The Hall–Kier alpha value is -3.90. The Morgan fingerprint density at radius 1 is 0.971 bits per heavy atom. The zero-order valence-electron chi connectivity index (χ0n) is 18.5. The number of hydrogen-bond donors (Lipinski definition) is 4. The fourth-order valence-corrected chi connectivity index (χ4v) is 3.23. The van der Waals surface area contributed by atoms with Gasteiger partial charge < -0.3 is 20.7 Å². The Balaban J connectivity index is 1.21. The summed E-state index contributed by atoms with van der Waals surface area (Å²) < 4.78 is 18.2. The highest BCUT2D eigenvalue weighted by Crippen LogP contribution is 2.12. The predicted octanol–water partition coefficient (Wildman–Crippen LogP) is 2.41. The topological polar surface area (TPSA) is 129 Å². The third-order valence-electron chi connectivity index (χ3n) is 4.99. The van der Waals surface area contributed by atoms with E-state index >= 15 is 0 Å². The first-order chi connectivity index (χ1) is 16.6. The van der Waals surface area contributed by atoms with Crippen LogP contribution in [0.3, 0.4) is 0 Å². The molecular weight excluding hydrogens is 441 g/mol. The monoisotopic (exact) mass is 467 g/mol. The maximum absolute atomic E-state index is 12.9. The maximum Gasteiger partial charge on any atom is 0.324 e. The fourth-order valence-electron chi connectivity index (χ4n) is 3.23. The van der Waals surface area contributed by atoms with Gasteiger partial charge in [0, 0.05) is 44.6 Å². The molecule has 4 N–H and O–H groups in total. The molecular formula is C22H26FN9O2. The van der Waals surface area contributed by atoms with E-state index in [0.717, 1.165) is 50.8 Å². The molecule has 0 aliphatic carbocycles. The Morgan fingerprint density at radius 2 is 1.74 bits per heavy atom. The number of urea groups is 1. The molecule has 0 unspecified atom stereocenters. The van der Waals surface area contributed by atoms with E-state index in [2.05, 4.69) is 46.1 Å². The number of anilines is 4.